The Morgan fingerprint density at radius 3 is 2.72 bits per heavy atom. The van der Waals surface area contributed by atoms with E-state index in [9.17, 15) is 0 Å². The van der Waals surface area contributed by atoms with Gasteiger partial charge in [0, 0.05) is 26.1 Å². The summed E-state index contributed by atoms with van der Waals surface area (Å²) in [6.07, 6.45) is 6.25. The van der Waals surface area contributed by atoms with Gasteiger partial charge in [-0.1, -0.05) is 6.42 Å². The van der Waals surface area contributed by atoms with Crippen molar-refractivity contribution in [3.8, 4) is 5.75 Å². The lowest BCUT2D eigenvalue weighted by atomic mass is 9.98. The summed E-state index contributed by atoms with van der Waals surface area (Å²) in [6, 6.07) is 3.82. The van der Waals surface area contributed by atoms with E-state index in [1.807, 2.05) is 19.1 Å². The fourth-order valence-corrected chi connectivity index (χ4v) is 3.95. The third-order valence-electron chi connectivity index (χ3n) is 5.01. The van der Waals surface area contributed by atoms with Crippen molar-refractivity contribution >= 4 is 23.6 Å². The Morgan fingerprint density at radius 2 is 2.10 bits per heavy atom. The Balaban J connectivity index is 1.74. The molecule has 1 aromatic heterocycles. The molecule has 10 heteroatoms. The van der Waals surface area contributed by atoms with E-state index in [1.165, 1.54) is 36.2 Å². The number of rotatable bonds is 7. The predicted molar refractivity (Wildman–Crippen MR) is 116 cm³/mol. The summed E-state index contributed by atoms with van der Waals surface area (Å²) in [5, 5.41) is 4.56. The highest BCUT2D eigenvalue weighted by Gasteiger charge is 2.20. The number of likely N-dealkylation sites (N-methyl/N-ethyl adjacent to an activating group) is 1. The maximum absolute atomic E-state index is 6.40. The molecule has 0 radical (unpaired) electrons. The molecule has 1 atom stereocenters. The zero-order valence-corrected chi connectivity index (χ0v) is 18.1. The summed E-state index contributed by atoms with van der Waals surface area (Å²) < 4.78 is 14.4. The van der Waals surface area contributed by atoms with Gasteiger partial charge in [0.1, 0.15) is 5.75 Å². The lowest BCUT2D eigenvalue weighted by Gasteiger charge is -2.24. The first kappa shape index (κ1) is 21.5. The van der Waals surface area contributed by atoms with Crippen LogP contribution in [0.25, 0.3) is 5.70 Å². The summed E-state index contributed by atoms with van der Waals surface area (Å²) in [5.74, 6) is 7.45. The number of hydrogen-bond donors (Lipinski definition) is 4. The van der Waals surface area contributed by atoms with Crippen molar-refractivity contribution in [3.63, 3.8) is 0 Å². The summed E-state index contributed by atoms with van der Waals surface area (Å²) >= 11 is 1.40. The Bertz CT molecular complexity index is 763. The second-order valence-electron chi connectivity index (χ2n) is 7.23. The van der Waals surface area contributed by atoms with E-state index in [4.69, 9.17) is 21.1 Å². The van der Waals surface area contributed by atoms with Gasteiger partial charge in [-0.3, -0.25) is 4.72 Å². The minimum atomic E-state index is -0.171. The zero-order chi connectivity index (χ0) is 20.8. The molecule has 3 rings (SSSR count). The highest BCUT2D eigenvalue weighted by molar-refractivity contribution is 7.98. The minimum Gasteiger partial charge on any atom is -0.489 e. The number of hydrazine groups is 1. The topological polar surface area (TPSA) is 123 Å². The molecule has 2 heterocycles. The van der Waals surface area contributed by atoms with Gasteiger partial charge in [-0.15, -0.1) is 0 Å². The van der Waals surface area contributed by atoms with Crippen LogP contribution in [0.1, 0.15) is 43.5 Å². The fraction of sp³-hybridized carbons (Fsp3) is 0.579. The van der Waals surface area contributed by atoms with E-state index in [1.54, 1.807) is 14.2 Å². The van der Waals surface area contributed by atoms with E-state index in [0.29, 0.717) is 29.6 Å². The third kappa shape index (κ3) is 5.68. The van der Waals surface area contributed by atoms with Gasteiger partial charge in [0.15, 0.2) is 5.56 Å². The number of pyridine rings is 1. The second kappa shape index (κ2) is 10.0. The number of hydrogen-bond acceptors (Lipinski definition) is 8. The number of aromatic nitrogens is 1. The first-order chi connectivity index (χ1) is 14.0. The van der Waals surface area contributed by atoms with Gasteiger partial charge in [0.05, 0.1) is 35.4 Å². The molecule has 1 saturated carbocycles. The van der Waals surface area contributed by atoms with Crippen molar-refractivity contribution in [1.82, 2.24) is 20.0 Å². The number of aliphatic imine (C=N–C) groups is 1. The van der Waals surface area contributed by atoms with Gasteiger partial charge < -0.3 is 25.5 Å². The molecule has 2 fully saturated rings. The molecule has 6 N–H and O–H groups in total. The summed E-state index contributed by atoms with van der Waals surface area (Å²) in [4.78, 5) is 9.14. The van der Waals surface area contributed by atoms with E-state index in [2.05, 4.69) is 20.0 Å². The summed E-state index contributed by atoms with van der Waals surface area (Å²) in [7, 11) is 3.36. The molecule has 0 aromatic carbocycles. The SMILES string of the molecule is COC1NC(=NC/C(=C(/N)c2ccc(OC3CCCCC3)c(C)n2)N(C)N)NS1. The monoisotopic (exact) mass is 421 g/mol. The molecule has 1 aromatic rings. The van der Waals surface area contributed by atoms with Crippen molar-refractivity contribution in [1.29, 1.82) is 0 Å². The van der Waals surface area contributed by atoms with Crippen molar-refractivity contribution in [2.24, 2.45) is 16.6 Å². The second-order valence-corrected chi connectivity index (χ2v) is 8.09. The van der Waals surface area contributed by atoms with Crippen LogP contribution in [0.15, 0.2) is 22.8 Å². The minimum absolute atomic E-state index is 0.171. The van der Waals surface area contributed by atoms with Crippen molar-refractivity contribution in [3.05, 3.63) is 29.2 Å². The zero-order valence-electron chi connectivity index (χ0n) is 17.3. The molecular formula is C19H31N7O2S. The average Bonchev–Trinajstić information content (AvgIpc) is 3.18. The molecule has 29 heavy (non-hydrogen) atoms. The van der Waals surface area contributed by atoms with Crippen LogP contribution in [-0.2, 0) is 4.74 Å². The molecule has 1 aliphatic heterocycles. The summed E-state index contributed by atoms with van der Waals surface area (Å²) in [6.45, 7) is 2.24. The average molecular weight is 422 g/mol. The highest BCUT2D eigenvalue weighted by atomic mass is 32.2. The van der Waals surface area contributed by atoms with E-state index in [-0.39, 0.29) is 11.7 Å². The first-order valence-electron chi connectivity index (χ1n) is 9.85. The maximum atomic E-state index is 6.40. The summed E-state index contributed by atoms with van der Waals surface area (Å²) in [5.41, 5.74) is 8.85. The predicted octanol–water partition coefficient (Wildman–Crippen LogP) is 1.66. The van der Waals surface area contributed by atoms with Gasteiger partial charge in [-0.25, -0.2) is 15.8 Å². The van der Waals surface area contributed by atoms with Gasteiger partial charge in [-0.2, -0.15) is 0 Å². The highest BCUT2D eigenvalue weighted by Crippen LogP contribution is 2.26. The van der Waals surface area contributed by atoms with Crippen LogP contribution < -0.4 is 26.4 Å². The van der Waals surface area contributed by atoms with Crippen LogP contribution in [0.3, 0.4) is 0 Å². The fourth-order valence-electron chi connectivity index (χ4n) is 3.34. The van der Waals surface area contributed by atoms with Crippen molar-refractivity contribution < 1.29 is 9.47 Å². The lowest BCUT2D eigenvalue weighted by molar-refractivity contribution is 0.153. The van der Waals surface area contributed by atoms with Crippen LogP contribution in [-0.4, -0.2) is 48.3 Å². The van der Waals surface area contributed by atoms with Gasteiger partial charge in [0.2, 0.25) is 5.96 Å². The van der Waals surface area contributed by atoms with Crippen LogP contribution in [0, 0.1) is 6.92 Å². The van der Waals surface area contributed by atoms with Gasteiger partial charge >= 0.3 is 0 Å². The molecule has 1 unspecified atom stereocenters. The molecular weight excluding hydrogens is 390 g/mol. The van der Waals surface area contributed by atoms with Crippen LogP contribution >= 0.6 is 11.9 Å². The largest absolute Gasteiger partial charge is 0.489 e. The quantitative estimate of drug-likeness (QED) is 0.296. The smallest absolute Gasteiger partial charge is 0.204 e. The van der Waals surface area contributed by atoms with Crippen molar-refractivity contribution in [2.45, 2.75) is 50.7 Å². The van der Waals surface area contributed by atoms with Crippen LogP contribution in [0.5, 0.6) is 5.75 Å². The maximum Gasteiger partial charge on any atom is 0.204 e. The number of ether oxygens (including phenoxy) is 2. The first-order valence-corrected chi connectivity index (χ1v) is 10.7. The van der Waals surface area contributed by atoms with E-state index < -0.39 is 0 Å². The normalized spacial score (nSPS) is 22.1. The van der Waals surface area contributed by atoms with Crippen molar-refractivity contribution in [2.75, 3.05) is 20.7 Å². The Labute approximate surface area is 176 Å². The molecule has 1 saturated heterocycles. The number of aryl methyl sites for hydroxylation is 1. The lowest BCUT2D eigenvalue weighted by Crippen LogP contribution is -2.32. The number of methoxy groups -OCH3 is 1. The van der Waals surface area contributed by atoms with Crippen LogP contribution in [0.2, 0.25) is 0 Å². The number of nitrogens with zero attached hydrogens (tertiary/aromatic N) is 3. The standard InChI is InChI=1S/C19H31N7O2S/c1-12-16(28-13-7-5-4-6-8-13)10-9-14(23-12)17(20)15(26(2)21)11-22-18-24-19(27-3)29-25-18/h9-10,13,19H,4-8,11,20-21H2,1-3H3,(H2,22,24,25)/b17-15-. The molecule has 9 nitrogen and oxygen atoms in total. The van der Waals surface area contributed by atoms with Crippen LogP contribution in [0.4, 0.5) is 0 Å². The van der Waals surface area contributed by atoms with E-state index in [0.717, 1.165) is 24.3 Å². The molecule has 1 aliphatic carbocycles. The Morgan fingerprint density at radius 1 is 1.34 bits per heavy atom. The third-order valence-corrected chi connectivity index (χ3v) is 5.85. The molecule has 0 amide bonds. The molecule has 160 valence electrons. The van der Waals surface area contributed by atoms with Gasteiger partial charge in [-0.05, 0) is 44.7 Å². The number of nitrogens with two attached hydrogens (primary N) is 2. The molecule has 0 bridgehead atoms. The molecule has 2 aliphatic rings. The number of guanidine groups is 1. The Hall–Kier alpha value is -2.17. The van der Waals surface area contributed by atoms with Gasteiger partial charge in [0.25, 0.3) is 0 Å². The van der Waals surface area contributed by atoms with E-state index >= 15 is 0 Å². The Kier molecular flexibility index (Phi) is 7.45. The molecule has 0 spiro atoms. The number of nitrogens with one attached hydrogen (secondary N) is 2.